The lowest BCUT2D eigenvalue weighted by Gasteiger charge is -2.23. The number of Topliss-reactive ketones (excluding diaryl/α,β-unsaturated/α-hetero) is 1. The number of ketones is 1. The van der Waals surface area contributed by atoms with E-state index in [1.54, 1.807) is 13.8 Å². The maximum Gasteiger partial charge on any atom is 0.417 e. The zero-order chi connectivity index (χ0) is 15.6. The highest BCUT2D eigenvalue weighted by molar-refractivity contribution is 9.25. The van der Waals surface area contributed by atoms with E-state index in [4.69, 9.17) is 4.74 Å². The fraction of sp³-hybridized carbons (Fsp3) is 0.500. The Morgan fingerprint density at radius 3 is 2.35 bits per heavy atom. The molecule has 1 heterocycles. The lowest BCUT2D eigenvalue weighted by molar-refractivity contribution is -0.137. The summed E-state index contributed by atoms with van der Waals surface area (Å²) in [5, 5.41) is 0. The van der Waals surface area contributed by atoms with Crippen LogP contribution in [0.15, 0.2) is 18.3 Å². The molecule has 3 nitrogen and oxygen atoms in total. The van der Waals surface area contributed by atoms with Crippen molar-refractivity contribution in [3.8, 4) is 5.88 Å². The van der Waals surface area contributed by atoms with E-state index in [1.807, 2.05) is 0 Å². The molecule has 0 amide bonds. The van der Waals surface area contributed by atoms with Crippen LogP contribution < -0.4 is 4.74 Å². The van der Waals surface area contributed by atoms with E-state index in [0.29, 0.717) is 6.20 Å². The van der Waals surface area contributed by atoms with Crippen molar-refractivity contribution in [1.29, 1.82) is 0 Å². The van der Waals surface area contributed by atoms with Gasteiger partial charge >= 0.3 is 6.18 Å². The first-order valence-electron chi connectivity index (χ1n) is 5.52. The van der Waals surface area contributed by atoms with Crippen molar-refractivity contribution in [3.63, 3.8) is 0 Å². The van der Waals surface area contributed by atoms with Crippen molar-refractivity contribution < 1.29 is 22.7 Å². The second-order valence-electron chi connectivity index (χ2n) is 4.72. The van der Waals surface area contributed by atoms with Crippen LogP contribution >= 0.6 is 31.9 Å². The minimum absolute atomic E-state index is 0.0118. The van der Waals surface area contributed by atoms with E-state index in [1.165, 1.54) is 0 Å². The average Bonchev–Trinajstić information content (AvgIpc) is 2.35. The summed E-state index contributed by atoms with van der Waals surface area (Å²) in [5.41, 5.74) is -1.65. The molecule has 0 unspecified atom stereocenters. The third-order valence-electron chi connectivity index (χ3n) is 2.51. The molecule has 20 heavy (non-hydrogen) atoms. The molecule has 0 saturated heterocycles. The lowest BCUT2D eigenvalue weighted by atomic mass is 9.90. The van der Waals surface area contributed by atoms with E-state index >= 15 is 0 Å². The van der Waals surface area contributed by atoms with Gasteiger partial charge in [0.2, 0.25) is 5.88 Å². The Labute approximate surface area is 131 Å². The smallest absolute Gasteiger partial charge is 0.417 e. The molecule has 0 atom stereocenters. The maximum absolute atomic E-state index is 12.4. The fourth-order valence-corrected chi connectivity index (χ4v) is 2.49. The predicted octanol–water partition coefficient (Wildman–Crippen LogP) is 4.19. The SMILES string of the molecule is CC(C)(COc1ccc(C(F)(F)F)cn1)C(=O)C(Br)Br. The number of pyridine rings is 1. The van der Waals surface area contributed by atoms with Crippen LogP contribution in [0, 0.1) is 5.41 Å². The Bertz CT molecular complexity index is 473. The van der Waals surface area contributed by atoms with Crippen molar-refractivity contribution in [3.05, 3.63) is 23.9 Å². The Kier molecular flexibility index (Phi) is 5.60. The molecule has 0 fully saturated rings. The second-order valence-corrected chi connectivity index (χ2v) is 7.78. The summed E-state index contributed by atoms with van der Waals surface area (Å²) in [5.74, 6) is -0.0935. The van der Waals surface area contributed by atoms with Gasteiger partial charge in [0.1, 0.15) is 10.3 Å². The van der Waals surface area contributed by atoms with E-state index in [-0.39, 0.29) is 18.3 Å². The molecule has 0 aromatic carbocycles. The molecular formula is C12H12Br2F3NO2. The van der Waals surface area contributed by atoms with Gasteiger partial charge in [-0.1, -0.05) is 31.9 Å². The van der Waals surface area contributed by atoms with Gasteiger partial charge in [0.25, 0.3) is 0 Å². The van der Waals surface area contributed by atoms with Gasteiger partial charge in [-0.05, 0) is 19.9 Å². The molecule has 0 aliphatic rings. The molecule has 112 valence electrons. The largest absolute Gasteiger partial charge is 0.477 e. The topological polar surface area (TPSA) is 39.2 Å². The first kappa shape index (κ1) is 17.4. The van der Waals surface area contributed by atoms with Gasteiger partial charge in [-0.3, -0.25) is 4.79 Å². The summed E-state index contributed by atoms with van der Waals surface area (Å²) in [6.45, 7) is 3.36. The van der Waals surface area contributed by atoms with Gasteiger partial charge in [0.15, 0.2) is 5.78 Å². The van der Waals surface area contributed by atoms with Crippen molar-refractivity contribution in [2.75, 3.05) is 6.61 Å². The first-order chi connectivity index (χ1) is 9.04. The van der Waals surface area contributed by atoms with Gasteiger partial charge in [-0.2, -0.15) is 13.2 Å². The molecule has 0 N–H and O–H groups in total. The summed E-state index contributed by atoms with van der Waals surface area (Å²) in [6, 6.07) is 2.01. The number of carbonyl (C=O) groups is 1. The monoisotopic (exact) mass is 417 g/mol. The molecule has 0 aliphatic heterocycles. The van der Waals surface area contributed by atoms with Crippen LogP contribution in [0.1, 0.15) is 19.4 Å². The van der Waals surface area contributed by atoms with Crippen LogP contribution in [0.5, 0.6) is 5.88 Å². The van der Waals surface area contributed by atoms with Gasteiger partial charge in [-0.25, -0.2) is 4.98 Å². The highest BCUT2D eigenvalue weighted by atomic mass is 79.9. The molecular weight excluding hydrogens is 407 g/mol. The summed E-state index contributed by atoms with van der Waals surface area (Å²) in [4.78, 5) is 15.4. The first-order valence-corrected chi connectivity index (χ1v) is 7.36. The van der Waals surface area contributed by atoms with Gasteiger partial charge < -0.3 is 4.74 Å². The highest BCUT2D eigenvalue weighted by Gasteiger charge is 2.33. The standard InChI is InChI=1S/C12H12Br2F3NO2/c1-11(2,9(19)10(13)14)6-20-8-4-3-7(5-18-8)12(15,16)17/h3-5,10H,6H2,1-2H3. The number of alkyl halides is 5. The Balaban J connectivity index is 2.69. The highest BCUT2D eigenvalue weighted by Crippen LogP contribution is 2.30. The number of rotatable bonds is 5. The molecule has 1 aromatic heterocycles. The summed E-state index contributed by atoms with van der Waals surface area (Å²) in [6.07, 6.45) is -3.73. The van der Waals surface area contributed by atoms with Crippen LogP contribution in [-0.2, 0) is 11.0 Å². The van der Waals surface area contributed by atoms with Crippen molar-refractivity contribution in [1.82, 2.24) is 4.98 Å². The van der Waals surface area contributed by atoms with Crippen molar-refractivity contribution in [2.45, 2.75) is 23.8 Å². The molecule has 0 saturated carbocycles. The average molecular weight is 419 g/mol. The molecule has 0 aliphatic carbocycles. The van der Waals surface area contributed by atoms with E-state index in [0.717, 1.165) is 12.1 Å². The third kappa shape index (κ3) is 4.73. The lowest BCUT2D eigenvalue weighted by Crippen LogP contribution is -2.34. The molecule has 1 rings (SSSR count). The molecule has 0 bridgehead atoms. The van der Waals surface area contributed by atoms with Crippen molar-refractivity contribution >= 4 is 37.6 Å². The van der Waals surface area contributed by atoms with Crippen LogP contribution in [-0.4, -0.2) is 21.1 Å². The normalized spacial score (nSPS) is 12.6. The number of aromatic nitrogens is 1. The van der Waals surface area contributed by atoms with Crippen LogP contribution in [0.3, 0.4) is 0 Å². The number of nitrogens with zero attached hydrogens (tertiary/aromatic N) is 1. The number of carbonyl (C=O) groups excluding carboxylic acids is 1. The van der Waals surface area contributed by atoms with Gasteiger partial charge in [0, 0.05) is 12.3 Å². The van der Waals surface area contributed by atoms with Crippen molar-refractivity contribution in [2.24, 2.45) is 5.41 Å². The molecule has 0 radical (unpaired) electrons. The van der Waals surface area contributed by atoms with Gasteiger partial charge in [-0.15, -0.1) is 0 Å². The zero-order valence-electron chi connectivity index (χ0n) is 10.7. The zero-order valence-corrected chi connectivity index (χ0v) is 13.8. The minimum Gasteiger partial charge on any atom is -0.477 e. The second kappa shape index (κ2) is 6.43. The Morgan fingerprint density at radius 2 is 1.95 bits per heavy atom. The molecule has 8 heteroatoms. The number of hydrogen-bond acceptors (Lipinski definition) is 3. The summed E-state index contributed by atoms with van der Waals surface area (Å²) >= 11 is 6.21. The minimum atomic E-state index is -4.43. The molecule has 1 aromatic rings. The Hall–Kier alpha value is -0.630. The predicted molar refractivity (Wildman–Crippen MR) is 75.2 cm³/mol. The summed E-state index contributed by atoms with van der Waals surface area (Å²) < 4.78 is 41.8. The fourth-order valence-electron chi connectivity index (χ4n) is 1.25. The Morgan fingerprint density at radius 1 is 1.35 bits per heavy atom. The van der Waals surface area contributed by atoms with Gasteiger partial charge in [0.05, 0.1) is 11.0 Å². The quantitative estimate of drug-likeness (QED) is 0.673. The molecule has 0 spiro atoms. The number of halogens is 5. The van der Waals surface area contributed by atoms with Crippen LogP contribution in [0.25, 0.3) is 0 Å². The van der Waals surface area contributed by atoms with E-state index in [9.17, 15) is 18.0 Å². The van der Waals surface area contributed by atoms with Crippen LogP contribution in [0.2, 0.25) is 0 Å². The van der Waals surface area contributed by atoms with E-state index < -0.39 is 20.9 Å². The maximum atomic E-state index is 12.4. The van der Waals surface area contributed by atoms with E-state index in [2.05, 4.69) is 36.8 Å². The number of ether oxygens (including phenoxy) is 1. The summed E-state index contributed by atoms with van der Waals surface area (Å²) in [7, 11) is 0. The van der Waals surface area contributed by atoms with Crippen LogP contribution in [0.4, 0.5) is 13.2 Å². The number of hydrogen-bond donors (Lipinski definition) is 0. The third-order valence-corrected chi connectivity index (χ3v) is 3.34.